The predicted molar refractivity (Wildman–Crippen MR) is 72.4 cm³/mol. The fourth-order valence-electron chi connectivity index (χ4n) is 2.05. The van der Waals surface area contributed by atoms with Crippen molar-refractivity contribution in [2.75, 3.05) is 20.2 Å². The molecule has 1 fully saturated rings. The van der Waals surface area contributed by atoms with Gasteiger partial charge < -0.3 is 9.64 Å². The first-order chi connectivity index (χ1) is 8.58. The molecular weight excluding hydrogens is 273 g/mol. The number of likely N-dealkylation sites (N-methyl/N-ethyl adjacent to an activating group) is 1. The number of hydrogen-bond acceptors (Lipinski definition) is 2. The Hall–Kier alpha value is -0.770. The van der Waals surface area contributed by atoms with Gasteiger partial charge in [-0.25, -0.2) is 0 Å². The molecule has 3 nitrogen and oxygen atoms in total. The van der Waals surface area contributed by atoms with E-state index in [1.54, 1.807) is 30.1 Å². The lowest BCUT2D eigenvalue weighted by Crippen LogP contribution is -2.34. The molecule has 0 aliphatic carbocycles. The van der Waals surface area contributed by atoms with Crippen LogP contribution in [0, 0.1) is 0 Å². The summed E-state index contributed by atoms with van der Waals surface area (Å²) in [6.07, 6.45) is 2.21. The fourth-order valence-corrected chi connectivity index (χ4v) is 2.53. The minimum absolute atomic E-state index is 0.104. The summed E-state index contributed by atoms with van der Waals surface area (Å²) < 4.78 is 5.51. The Morgan fingerprint density at radius 1 is 1.50 bits per heavy atom. The first-order valence-corrected chi connectivity index (χ1v) is 6.65. The van der Waals surface area contributed by atoms with Crippen LogP contribution in [0.4, 0.5) is 0 Å². The molecule has 0 radical (unpaired) electrons. The van der Waals surface area contributed by atoms with Crippen LogP contribution in [0.2, 0.25) is 10.0 Å². The molecule has 1 saturated heterocycles. The van der Waals surface area contributed by atoms with Crippen molar-refractivity contribution >= 4 is 29.1 Å². The maximum Gasteiger partial charge on any atom is 0.255 e. The minimum atomic E-state index is -0.104. The lowest BCUT2D eigenvalue weighted by atomic mass is 10.2. The third kappa shape index (κ3) is 3.16. The standard InChI is InChI=1S/C13H15Cl2NO2/c1-16(8-10-3-2-6-18-10)13(17)11-5-4-9(14)7-12(11)15/h4-5,7,10H,2-3,6,8H2,1H3. The summed E-state index contributed by atoms with van der Waals surface area (Å²) >= 11 is 11.8. The number of ether oxygens (including phenoxy) is 1. The van der Waals surface area contributed by atoms with Gasteiger partial charge in [0.05, 0.1) is 16.7 Å². The lowest BCUT2D eigenvalue weighted by molar-refractivity contribution is 0.0587. The normalized spacial score (nSPS) is 18.9. The van der Waals surface area contributed by atoms with Gasteiger partial charge >= 0.3 is 0 Å². The first kappa shape index (κ1) is 13.7. The van der Waals surface area contributed by atoms with E-state index >= 15 is 0 Å². The SMILES string of the molecule is CN(CC1CCCO1)C(=O)c1ccc(Cl)cc1Cl. The van der Waals surface area contributed by atoms with Crippen molar-refractivity contribution in [3.05, 3.63) is 33.8 Å². The summed E-state index contributed by atoms with van der Waals surface area (Å²) in [5.41, 5.74) is 0.474. The highest BCUT2D eigenvalue weighted by Crippen LogP contribution is 2.22. The molecule has 0 N–H and O–H groups in total. The second-order valence-corrected chi connectivity index (χ2v) is 5.29. The molecule has 1 atom stereocenters. The van der Waals surface area contributed by atoms with Crippen molar-refractivity contribution in [2.24, 2.45) is 0 Å². The number of benzene rings is 1. The number of carbonyl (C=O) groups excluding carboxylic acids is 1. The molecule has 1 heterocycles. The van der Waals surface area contributed by atoms with E-state index in [4.69, 9.17) is 27.9 Å². The molecule has 2 rings (SSSR count). The second-order valence-electron chi connectivity index (χ2n) is 4.44. The van der Waals surface area contributed by atoms with Crippen molar-refractivity contribution in [1.29, 1.82) is 0 Å². The quantitative estimate of drug-likeness (QED) is 0.854. The molecule has 1 amide bonds. The van der Waals surface area contributed by atoms with E-state index < -0.39 is 0 Å². The van der Waals surface area contributed by atoms with Crippen LogP contribution in [0.1, 0.15) is 23.2 Å². The summed E-state index contributed by atoms with van der Waals surface area (Å²) in [4.78, 5) is 13.9. The van der Waals surface area contributed by atoms with Crippen LogP contribution < -0.4 is 0 Å². The topological polar surface area (TPSA) is 29.5 Å². The van der Waals surface area contributed by atoms with Crippen LogP contribution >= 0.6 is 23.2 Å². The van der Waals surface area contributed by atoms with Crippen LogP contribution in [0.3, 0.4) is 0 Å². The van der Waals surface area contributed by atoms with Gasteiger partial charge in [0, 0.05) is 25.2 Å². The fraction of sp³-hybridized carbons (Fsp3) is 0.462. The van der Waals surface area contributed by atoms with Gasteiger partial charge in [-0.2, -0.15) is 0 Å². The van der Waals surface area contributed by atoms with Crippen LogP contribution in [-0.4, -0.2) is 37.1 Å². The van der Waals surface area contributed by atoms with E-state index in [1.165, 1.54) is 0 Å². The summed E-state index contributed by atoms with van der Waals surface area (Å²) in [6, 6.07) is 4.90. The Morgan fingerprint density at radius 2 is 2.28 bits per heavy atom. The lowest BCUT2D eigenvalue weighted by Gasteiger charge is -2.21. The van der Waals surface area contributed by atoms with E-state index in [2.05, 4.69) is 0 Å². The Balaban J connectivity index is 2.05. The average molecular weight is 288 g/mol. The van der Waals surface area contributed by atoms with Gasteiger partial charge in [0.1, 0.15) is 0 Å². The molecule has 1 aliphatic heterocycles. The monoisotopic (exact) mass is 287 g/mol. The van der Waals surface area contributed by atoms with Gasteiger partial charge in [0.15, 0.2) is 0 Å². The number of halogens is 2. The average Bonchev–Trinajstić information content (AvgIpc) is 2.81. The highest BCUT2D eigenvalue weighted by molar-refractivity contribution is 6.36. The van der Waals surface area contributed by atoms with Crippen molar-refractivity contribution < 1.29 is 9.53 Å². The molecule has 98 valence electrons. The van der Waals surface area contributed by atoms with Crippen molar-refractivity contribution in [3.8, 4) is 0 Å². The Morgan fingerprint density at radius 3 is 2.89 bits per heavy atom. The van der Waals surface area contributed by atoms with Gasteiger partial charge in [0.25, 0.3) is 5.91 Å². The number of rotatable bonds is 3. The summed E-state index contributed by atoms with van der Waals surface area (Å²) in [7, 11) is 1.76. The number of amides is 1. The Kier molecular flexibility index (Phi) is 4.49. The van der Waals surface area contributed by atoms with Gasteiger partial charge in [-0.3, -0.25) is 4.79 Å². The Bertz CT molecular complexity index is 445. The van der Waals surface area contributed by atoms with E-state index in [0.29, 0.717) is 22.2 Å². The van der Waals surface area contributed by atoms with Crippen LogP contribution in [0.15, 0.2) is 18.2 Å². The van der Waals surface area contributed by atoms with Crippen LogP contribution in [0.25, 0.3) is 0 Å². The largest absolute Gasteiger partial charge is 0.376 e. The summed E-state index contributed by atoms with van der Waals surface area (Å²) in [5, 5.41) is 0.907. The van der Waals surface area contributed by atoms with E-state index in [0.717, 1.165) is 19.4 Å². The maximum atomic E-state index is 12.2. The van der Waals surface area contributed by atoms with Crippen molar-refractivity contribution in [2.45, 2.75) is 18.9 Å². The van der Waals surface area contributed by atoms with Gasteiger partial charge in [-0.15, -0.1) is 0 Å². The molecule has 5 heteroatoms. The highest BCUT2D eigenvalue weighted by Gasteiger charge is 2.22. The zero-order chi connectivity index (χ0) is 13.1. The second kappa shape index (κ2) is 5.91. The number of carbonyl (C=O) groups is 1. The molecule has 1 aliphatic rings. The highest BCUT2D eigenvalue weighted by atomic mass is 35.5. The third-order valence-corrected chi connectivity index (χ3v) is 3.56. The van der Waals surface area contributed by atoms with Crippen molar-refractivity contribution in [1.82, 2.24) is 4.90 Å². The third-order valence-electron chi connectivity index (χ3n) is 3.01. The van der Waals surface area contributed by atoms with Crippen molar-refractivity contribution in [3.63, 3.8) is 0 Å². The molecule has 0 spiro atoms. The predicted octanol–water partition coefficient (Wildman–Crippen LogP) is 3.24. The maximum absolute atomic E-state index is 12.2. The summed E-state index contributed by atoms with van der Waals surface area (Å²) in [6.45, 7) is 1.38. The molecule has 1 aromatic carbocycles. The minimum Gasteiger partial charge on any atom is -0.376 e. The molecule has 0 bridgehead atoms. The molecule has 18 heavy (non-hydrogen) atoms. The zero-order valence-corrected chi connectivity index (χ0v) is 11.7. The van der Waals surface area contributed by atoms with Crippen LogP contribution in [-0.2, 0) is 4.74 Å². The number of nitrogens with zero attached hydrogens (tertiary/aromatic N) is 1. The number of hydrogen-bond donors (Lipinski definition) is 0. The summed E-state index contributed by atoms with van der Waals surface area (Å²) in [5.74, 6) is -0.104. The molecule has 1 unspecified atom stereocenters. The van der Waals surface area contributed by atoms with E-state index in [1.807, 2.05) is 0 Å². The molecular formula is C13H15Cl2NO2. The van der Waals surface area contributed by atoms with Gasteiger partial charge in [-0.05, 0) is 31.0 Å². The van der Waals surface area contributed by atoms with Crippen LogP contribution in [0.5, 0.6) is 0 Å². The van der Waals surface area contributed by atoms with Gasteiger partial charge in [0.2, 0.25) is 0 Å². The van der Waals surface area contributed by atoms with E-state index in [-0.39, 0.29) is 12.0 Å². The van der Waals surface area contributed by atoms with Gasteiger partial charge in [-0.1, -0.05) is 23.2 Å². The smallest absolute Gasteiger partial charge is 0.255 e. The zero-order valence-electron chi connectivity index (χ0n) is 10.2. The molecule has 1 aromatic rings. The first-order valence-electron chi connectivity index (χ1n) is 5.90. The molecule has 0 saturated carbocycles. The van der Waals surface area contributed by atoms with E-state index in [9.17, 15) is 4.79 Å². The molecule has 0 aromatic heterocycles. The Labute approximate surface area is 117 Å².